The Balaban J connectivity index is 1.64. The highest BCUT2D eigenvalue weighted by molar-refractivity contribution is 7.71. The molecule has 0 bridgehead atoms. The molecule has 0 atom stereocenters. The van der Waals surface area contributed by atoms with Crippen molar-refractivity contribution in [2.75, 3.05) is 42.9 Å². The quantitative estimate of drug-likeness (QED) is 0.697. The maximum absolute atomic E-state index is 12.6. The number of nitrogens with one attached hydrogen (secondary N) is 2. The lowest BCUT2D eigenvalue weighted by Gasteiger charge is -2.35. The summed E-state index contributed by atoms with van der Waals surface area (Å²) in [4.78, 5) is 17.4. The molecule has 7 nitrogen and oxygen atoms in total. The van der Waals surface area contributed by atoms with Crippen LogP contribution in [0.2, 0.25) is 0 Å². The van der Waals surface area contributed by atoms with Crippen LogP contribution in [0, 0.1) is 11.7 Å². The van der Waals surface area contributed by atoms with Crippen molar-refractivity contribution in [3.8, 4) is 0 Å². The molecule has 1 fully saturated rings. The zero-order valence-electron chi connectivity index (χ0n) is 17.0. The van der Waals surface area contributed by atoms with Crippen LogP contribution in [-0.2, 0) is 17.8 Å². The number of likely N-dealkylation sites (N-methyl/N-ethyl adjacent to an activating group) is 1. The van der Waals surface area contributed by atoms with Crippen molar-refractivity contribution in [3.05, 3.63) is 34.4 Å². The Labute approximate surface area is 171 Å². The molecule has 0 aliphatic carbocycles. The first-order chi connectivity index (χ1) is 13.5. The molecule has 1 aliphatic rings. The van der Waals surface area contributed by atoms with Crippen molar-refractivity contribution < 1.29 is 4.79 Å². The predicted molar refractivity (Wildman–Crippen MR) is 116 cm³/mol. The second-order valence-electron chi connectivity index (χ2n) is 7.25. The Morgan fingerprint density at radius 2 is 2.00 bits per heavy atom. The zero-order valence-corrected chi connectivity index (χ0v) is 17.8. The molecule has 2 aromatic rings. The number of aromatic amines is 1. The molecule has 1 amide bonds. The van der Waals surface area contributed by atoms with Gasteiger partial charge in [-0.05, 0) is 55.9 Å². The lowest BCUT2D eigenvalue weighted by Crippen LogP contribution is -2.46. The van der Waals surface area contributed by atoms with Crippen LogP contribution in [0.5, 0.6) is 0 Å². The van der Waals surface area contributed by atoms with Crippen molar-refractivity contribution in [2.45, 2.75) is 40.2 Å². The summed E-state index contributed by atoms with van der Waals surface area (Å²) in [5.74, 6) is 0.725. The molecule has 0 saturated carbocycles. The molecule has 3 rings (SSSR count). The van der Waals surface area contributed by atoms with Crippen LogP contribution in [0.1, 0.15) is 31.7 Å². The number of amides is 1. The summed E-state index contributed by atoms with van der Waals surface area (Å²) in [5.41, 5.74) is 3.12. The molecule has 0 unspecified atom stereocenters. The maximum Gasteiger partial charge on any atom is 0.244 e. The summed E-state index contributed by atoms with van der Waals surface area (Å²) in [6, 6.07) is 6.25. The first-order valence-corrected chi connectivity index (χ1v) is 10.4. The van der Waals surface area contributed by atoms with Gasteiger partial charge in [-0.1, -0.05) is 13.8 Å². The molecule has 8 heteroatoms. The van der Waals surface area contributed by atoms with Crippen LogP contribution in [-0.4, -0.2) is 58.3 Å². The fraction of sp³-hybridized carbons (Fsp3) is 0.550. The molecule has 152 valence electrons. The van der Waals surface area contributed by atoms with Gasteiger partial charge >= 0.3 is 0 Å². The van der Waals surface area contributed by atoms with E-state index in [9.17, 15) is 4.79 Å². The molecule has 28 heavy (non-hydrogen) atoms. The van der Waals surface area contributed by atoms with E-state index in [0.717, 1.165) is 62.6 Å². The van der Waals surface area contributed by atoms with E-state index in [0.29, 0.717) is 4.77 Å². The van der Waals surface area contributed by atoms with E-state index >= 15 is 0 Å². The van der Waals surface area contributed by atoms with Crippen molar-refractivity contribution >= 4 is 29.5 Å². The number of carbonyl (C=O) groups is 1. The minimum atomic E-state index is -0.0951. The van der Waals surface area contributed by atoms with Crippen LogP contribution in [0.15, 0.2) is 18.2 Å². The SMILES string of the molecule is CCCc1n[nH]c(=S)n1CC(=O)Nc1ccc(N2CCN(CC)CC2)cc1C. The van der Waals surface area contributed by atoms with Crippen molar-refractivity contribution in [1.82, 2.24) is 19.7 Å². The lowest BCUT2D eigenvalue weighted by molar-refractivity contribution is -0.116. The van der Waals surface area contributed by atoms with Gasteiger partial charge in [0.25, 0.3) is 0 Å². The van der Waals surface area contributed by atoms with Gasteiger partial charge in [0, 0.05) is 44.0 Å². The monoisotopic (exact) mass is 402 g/mol. The van der Waals surface area contributed by atoms with Crippen LogP contribution in [0.3, 0.4) is 0 Å². The largest absolute Gasteiger partial charge is 0.369 e. The number of aromatic nitrogens is 3. The third kappa shape index (κ3) is 4.80. The van der Waals surface area contributed by atoms with Crippen molar-refractivity contribution in [2.24, 2.45) is 0 Å². The van der Waals surface area contributed by atoms with Crippen molar-refractivity contribution in [3.63, 3.8) is 0 Å². The number of benzene rings is 1. The minimum Gasteiger partial charge on any atom is -0.369 e. The summed E-state index contributed by atoms with van der Waals surface area (Å²) >= 11 is 5.26. The minimum absolute atomic E-state index is 0.0951. The fourth-order valence-electron chi connectivity index (χ4n) is 3.57. The summed E-state index contributed by atoms with van der Waals surface area (Å²) < 4.78 is 2.25. The Bertz CT molecular complexity index is 866. The normalized spacial score (nSPS) is 15.0. The van der Waals surface area contributed by atoms with E-state index in [1.807, 2.05) is 13.0 Å². The highest BCUT2D eigenvalue weighted by atomic mass is 32.1. The number of hydrogen-bond acceptors (Lipinski definition) is 5. The third-order valence-corrected chi connectivity index (χ3v) is 5.59. The Hall–Kier alpha value is -2.19. The Kier molecular flexibility index (Phi) is 6.85. The summed E-state index contributed by atoms with van der Waals surface area (Å²) in [5, 5.41) is 10.0. The van der Waals surface area contributed by atoms with E-state index < -0.39 is 0 Å². The number of piperazine rings is 1. The summed E-state index contributed by atoms with van der Waals surface area (Å²) in [7, 11) is 0. The molecular formula is C20H30N6OS. The first-order valence-electron chi connectivity index (χ1n) is 10.0. The number of H-pyrrole nitrogens is 1. The third-order valence-electron chi connectivity index (χ3n) is 5.28. The van der Waals surface area contributed by atoms with E-state index in [2.05, 4.69) is 51.3 Å². The molecule has 0 radical (unpaired) electrons. The van der Waals surface area contributed by atoms with E-state index in [4.69, 9.17) is 12.2 Å². The predicted octanol–water partition coefficient (Wildman–Crippen LogP) is 2.98. The van der Waals surface area contributed by atoms with Gasteiger partial charge in [-0.25, -0.2) is 0 Å². The number of anilines is 2. The fourth-order valence-corrected chi connectivity index (χ4v) is 3.78. The summed E-state index contributed by atoms with van der Waals surface area (Å²) in [6.07, 6.45) is 1.74. The summed E-state index contributed by atoms with van der Waals surface area (Å²) in [6.45, 7) is 11.9. The van der Waals surface area contributed by atoms with Gasteiger partial charge in [-0.3, -0.25) is 14.5 Å². The maximum atomic E-state index is 12.6. The second kappa shape index (κ2) is 9.34. The van der Waals surface area contributed by atoms with Gasteiger partial charge in [-0.2, -0.15) is 5.10 Å². The van der Waals surface area contributed by atoms with Crippen LogP contribution >= 0.6 is 12.2 Å². The molecule has 0 spiro atoms. The van der Waals surface area contributed by atoms with Crippen LogP contribution < -0.4 is 10.2 Å². The average molecular weight is 403 g/mol. The highest BCUT2D eigenvalue weighted by Gasteiger charge is 2.17. The smallest absolute Gasteiger partial charge is 0.244 e. The van der Waals surface area contributed by atoms with Gasteiger partial charge in [0.05, 0.1) is 0 Å². The molecule has 1 aromatic carbocycles. The molecule has 1 saturated heterocycles. The lowest BCUT2D eigenvalue weighted by atomic mass is 10.1. The Morgan fingerprint density at radius 1 is 1.25 bits per heavy atom. The zero-order chi connectivity index (χ0) is 20.1. The number of aryl methyl sites for hydroxylation is 2. The standard InChI is InChI=1S/C20H30N6OS/c1-4-6-18-22-23-20(28)26(18)14-19(27)21-17-8-7-16(13-15(17)3)25-11-9-24(5-2)10-12-25/h7-8,13H,4-6,9-12,14H2,1-3H3,(H,21,27)(H,23,28). The van der Waals surface area contributed by atoms with Crippen LogP contribution in [0.25, 0.3) is 0 Å². The van der Waals surface area contributed by atoms with Crippen LogP contribution in [0.4, 0.5) is 11.4 Å². The van der Waals surface area contributed by atoms with Gasteiger partial charge in [0.15, 0.2) is 4.77 Å². The molecule has 2 N–H and O–H groups in total. The number of hydrogen-bond donors (Lipinski definition) is 2. The van der Waals surface area contributed by atoms with E-state index in [-0.39, 0.29) is 12.5 Å². The van der Waals surface area contributed by atoms with Gasteiger partial charge in [0.2, 0.25) is 5.91 Å². The molecular weight excluding hydrogens is 372 g/mol. The van der Waals surface area contributed by atoms with Crippen molar-refractivity contribution in [1.29, 1.82) is 0 Å². The van der Waals surface area contributed by atoms with E-state index in [1.54, 1.807) is 4.57 Å². The molecule has 2 heterocycles. The number of nitrogens with zero attached hydrogens (tertiary/aromatic N) is 4. The van der Waals surface area contributed by atoms with Gasteiger partial charge < -0.3 is 15.1 Å². The highest BCUT2D eigenvalue weighted by Crippen LogP contribution is 2.24. The molecule has 1 aromatic heterocycles. The van der Waals surface area contributed by atoms with E-state index in [1.165, 1.54) is 5.69 Å². The Morgan fingerprint density at radius 3 is 2.64 bits per heavy atom. The second-order valence-corrected chi connectivity index (χ2v) is 7.64. The topological polar surface area (TPSA) is 69.2 Å². The average Bonchev–Trinajstić information content (AvgIpc) is 3.03. The van der Waals surface area contributed by atoms with Gasteiger partial charge in [0.1, 0.15) is 12.4 Å². The number of rotatable bonds is 7. The molecule has 1 aliphatic heterocycles. The first kappa shape index (κ1) is 20.5. The van der Waals surface area contributed by atoms with Gasteiger partial charge in [-0.15, -0.1) is 0 Å². The number of carbonyl (C=O) groups excluding carboxylic acids is 1.